The quantitative estimate of drug-likeness (QED) is 0.257. The maximum Gasteiger partial charge on any atom is 0.242 e. The number of anilines is 1. The smallest absolute Gasteiger partial charge is 0.242 e. The molecule has 6 N–H and O–H groups in total. The van der Waals surface area contributed by atoms with Crippen LogP contribution in [-0.4, -0.2) is 73.1 Å². The second kappa shape index (κ2) is 10.8. The van der Waals surface area contributed by atoms with Crippen molar-refractivity contribution in [2.45, 2.75) is 63.4 Å². The molecule has 12 heteroatoms. The van der Waals surface area contributed by atoms with Crippen LogP contribution in [-0.2, 0) is 26.3 Å². The van der Waals surface area contributed by atoms with Gasteiger partial charge >= 0.3 is 0 Å². The normalized spacial score (nSPS) is 25.5. The van der Waals surface area contributed by atoms with Crippen LogP contribution in [0.1, 0.15) is 32.0 Å². The predicted molar refractivity (Wildman–Crippen MR) is 131 cm³/mol. The van der Waals surface area contributed by atoms with E-state index in [4.69, 9.17) is 15.2 Å². The third kappa shape index (κ3) is 5.49. The molecule has 2 aromatic heterocycles. The van der Waals surface area contributed by atoms with Crippen LogP contribution >= 0.6 is 0 Å². The van der Waals surface area contributed by atoms with Crippen molar-refractivity contribution < 1.29 is 34.0 Å². The number of fused-ring (bicyclic) bond motifs is 1. The van der Waals surface area contributed by atoms with Crippen LogP contribution < -0.4 is 11.1 Å². The number of nitrogens with one attached hydrogen (secondary N) is 1. The molecule has 1 aromatic carbocycles. The van der Waals surface area contributed by atoms with Crippen LogP contribution in [0.5, 0.6) is 0 Å². The van der Waals surface area contributed by atoms with Crippen LogP contribution in [0.4, 0.5) is 10.2 Å². The van der Waals surface area contributed by atoms with Gasteiger partial charge in [0.2, 0.25) is 5.91 Å². The molecule has 0 saturated carbocycles. The lowest BCUT2D eigenvalue weighted by Crippen LogP contribution is -2.40. The Morgan fingerprint density at radius 2 is 1.97 bits per heavy atom. The molecule has 3 aromatic rings. The Kier molecular flexibility index (Phi) is 7.88. The molecule has 1 aliphatic heterocycles. The van der Waals surface area contributed by atoms with Crippen molar-refractivity contribution in [2.24, 2.45) is 11.7 Å². The minimum absolute atomic E-state index is 0.126. The van der Waals surface area contributed by atoms with E-state index in [1.54, 1.807) is 45.0 Å². The largest absolute Gasteiger partial charge is 0.387 e. The summed E-state index contributed by atoms with van der Waals surface area (Å²) in [7, 11) is 0. The Morgan fingerprint density at radius 1 is 1.27 bits per heavy atom. The molecule has 200 valence electrons. The van der Waals surface area contributed by atoms with Gasteiger partial charge in [-0.15, -0.1) is 0 Å². The van der Waals surface area contributed by atoms with Gasteiger partial charge in [0, 0.05) is 5.92 Å². The third-order valence-electron chi connectivity index (χ3n) is 6.57. The molecule has 4 rings (SSSR count). The van der Waals surface area contributed by atoms with Crippen molar-refractivity contribution in [1.29, 1.82) is 0 Å². The van der Waals surface area contributed by atoms with Gasteiger partial charge in [0.05, 0.1) is 18.3 Å². The number of ether oxygens (including phenoxy) is 2. The Balaban J connectivity index is 1.52. The van der Waals surface area contributed by atoms with Crippen LogP contribution in [0.15, 0.2) is 42.7 Å². The van der Waals surface area contributed by atoms with Crippen LogP contribution in [0.2, 0.25) is 0 Å². The minimum atomic E-state index is -1.38. The van der Waals surface area contributed by atoms with E-state index in [2.05, 4.69) is 15.4 Å². The molecule has 1 unspecified atom stereocenters. The monoisotopic (exact) mass is 517 g/mol. The number of amides is 1. The van der Waals surface area contributed by atoms with Gasteiger partial charge in [-0.2, -0.15) is 5.10 Å². The zero-order valence-corrected chi connectivity index (χ0v) is 20.8. The van der Waals surface area contributed by atoms with Gasteiger partial charge in [-0.1, -0.05) is 26.0 Å². The first kappa shape index (κ1) is 27.0. The predicted octanol–water partition coefficient (Wildman–Crippen LogP) is 0.704. The number of aliphatic hydroxyl groups excluding tert-OH is 3. The number of nitrogens with zero attached hydrogens (tertiary/aromatic N) is 3. The molecule has 1 aliphatic rings. The molecule has 0 spiro atoms. The maximum atomic E-state index is 13.1. The SMILES string of the molecule is CC(C)C(O)OC[C@H]1O[C@@](C)(c2ccc3c(NC(=O)[C@@H](N)Cc4ccc(F)cc4)ncnn23)[C@H](O)[C@@H]1O. The number of halogens is 1. The van der Waals surface area contributed by atoms with E-state index >= 15 is 0 Å². The summed E-state index contributed by atoms with van der Waals surface area (Å²) in [5.74, 6) is -0.831. The number of aliphatic hydroxyl groups is 3. The summed E-state index contributed by atoms with van der Waals surface area (Å²) in [4.78, 5) is 16.9. The molecule has 6 atom stereocenters. The van der Waals surface area contributed by atoms with Crippen molar-refractivity contribution in [3.63, 3.8) is 0 Å². The molecule has 0 bridgehead atoms. The lowest BCUT2D eigenvalue weighted by Gasteiger charge is -2.27. The van der Waals surface area contributed by atoms with Crippen molar-refractivity contribution >= 4 is 17.2 Å². The number of hydrogen-bond donors (Lipinski definition) is 5. The molecule has 1 saturated heterocycles. The Bertz CT molecular complexity index is 1240. The van der Waals surface area contributed by atoms with E-state index in [-0.39, 0.29) is 30.6 Å². The lowest BCUT2D eigenvalue weighted by molar-refractivity contribution is -0.166. The highest BCUT2D eigenvalue weighted by molar-refractivity contribution is 5.97. The Morgan fingerprint density at radius 3 is 2.65 bits per heavy atom. The van der Waals surface area contributed by atoms with Gasteiger partial charge < -0.3 is 35.8 Å². The number of hydrogen-bond acceptors (Lipinski definition) is 9. The highest BCUT2D eigenvalue weighted by atomic mass is 19.1. The summed E-state index contributed by atoms with van der Waals surface area (Å²) < 4.78 is 26.0. The van der Waals surface area contributed by atoms with Gasteiger partial charge in [0.25, 0.3) is 0 Å². The number of carbonyl (C=O) groups excluding carboxylic acids is 1. The average molecular weight is 518 g/mol. The number of aromatic nitrogens is 3. The zero-order valence-electron chi connectivity index (χ0n) is 20.8. The van der Waals surface area contributed by atoms with E-state index in [1.165, 1.54) is 23.0 Å². The molecule has 3 heterocycles. The Hall–Kier alpha value is -3.00. The van der Waals surface area contributed by atoms with Gasteiger partial charge in [-0.05, 0) is 43.2 Å². The molecular weight excluding hydrogens is 485 g/mol. The number of nitrogens with two attached hydrogens (primary N) is 1. The molecular formula is C25H32FN5O6. The van der Waals surface area contributed by atoms with Gasteiger partial charge in [-0.25, -0.2) is 13.9 Å². The molecule has 0 aliphatic carbocycles. The van der Waals surface area contributed by atoms with Gasteiger partial charge in [0.15, 0.2) is 12.1 Å². The first-order chi connectivity index (χ1) is 17.5. The van der Waals surface area contributed by atoms with Crippen molar-refractivity contribution in [3.05, 3.63) is 59.8 Å². The van der Waals surface area contributed by atoms with Crippen LogP contribution in [0.25, 0.3) is 5.52 Å². The molecule has 37 heavy (non-hydrogen) atoms. The zero-order chi connectivity index (χ0) is 26.9. The maximum absolute atomic E-state index is 13.1. The third-order valence-corrected chi connectivity index (χ3v) is 6.57. The second-order valence-corrected chi connectivity index (χ2v) is 9.72. The summed E-state index contributed by atoms with van der Waals surface area (Å²) in [6.07, 6.45) is -3.11. The lowest BCUT2D eigenvalue weighted by atomic mass is 9.93. The molecule has 0 radical (unpaired) electrons. The summed E-state index contributed by atoms with van der Waals surface area (Å²) >= 11 is 0. The van der Waals surface area contributed by atoms with E-state index in [0.29, 0.717) is 16.8 Å². The van der Waals surface area contributed by atoms with Crippen molar-refractivity contribution in [3.8, 4) is 0 Å². The van der Waals surface area contributed by atoms with Gasteiger partial charge in [0.1, 0.15) is 41.6 Å². The average Bonchev–Trinajstić information content (AvgIpc) is 3.40. The van der Waals surface area contributed by atoms with Crippen molar-refractivity contribution in [1.82, 2.24) is 14.6 Å². The fourth-order valence-electron chi connectivity index (χ4n) is 4.30. The number of carbonyl (C=O) groups is 1. The first-order valence-corrected chi connectivity index (χ1v) is 12.0. The summed E-state index contributed by atoms with van der Waals surface area (Å²) in [6, 6.07) is 8.12. The fourth-order valence-corrected chi connectivity index (χ4v) is 4.30. The first-order valence-electron chi connectivity index (χ1n) is 12.0. The summed E-state index contributed by atoms with van der Waals surface area (Å²) in [5.41, 5.74) is 6.22. The molecule has 1 amide bonds. The van der Waals surface area contributed by atoms with Crippen LogP contribution in [0, 0.1) is 11.7 Å². The van der Waals surface area contributed by atoms with Crippen molar-refractivity contribution in [2.75, 3.05) is 11.9 Å². The van der Waals surface area contributed by atoms with E-state index in [9.17, 15) is 24.5 Å². The Labute approximate surface area is 213 Å². The van der Waals surface area contributed by atoms with E-state index < -0.39 is 42.2 Å². The highest BCUT2D eigenvalue weighted by Gasteiger charge is 2.53. The number of rotatable bonds is 9. The molecule has 1 fully saturated rings. The van der Waals surface area contributed by atoms with Crippen LogP contribution in [0.3, 0.4) is 0 Å². The highest BCUT2D eigenvalue weighted by Crippen LogP contribution is 2.40. The van der Waals surface area contributed by atoms with E-state index in [1.807, 2.05) is 0 Å². The molecule has 11 nitrogen and oxygen atoms in total. The van der Waals surface area contributed by atoms with Gasteiger partial charge in [-0.3, -0.25) is 4.79 Å². The second-order valence-electron chi connectivity index (χ2n) is 9.72. The van der Waals surface area contributed by atoms with E-state index in [0.717, 1.165) is 0 Å². The minimum Gasteiger partial charge on any atom is -0.387 e. The standard InChI is InChI=1S/C25H32FN5O6/c1-13(2)24(35)36-11-18-20(32)21(33)25(3,37-18)19-9-8-17-22(28-12-29-31(17)19)30-23(34)16(27)10-14-4-6-15(26)7-5-14/h4-9,12-13,16,18,20-21,24,32-33,35H,10-11,27H2,1-3H3,(H,28,29,30,34)/t16-,18+,20+,21+,24?,25-/m0/s1. The summed E-state index contributed by atoms with van der Waals surface area (Å²) in [5, 5.41) is 38.4. The summed E-state index contributed by atoms with van der Waals surface area (Å²) in [6.45, 7) is 5.06. The topological polar surface area (TPSA) is 164 Å². The fraction of sp³-hybridized carbons (Fsp3) is 0.480. The number of benzene rings is 1.